The van der Waals surface area contributed by atoms with Crippen molar-refractivity contribution in [1.29, 1.82) is 0 Å². The Balaban J connectivity index is 2.64. The highest BCUT2D eigenvalue weighted by Crippen LogP contribution is 2.29. The number of hydrogen-bond acceptors (Lipinski definition) is 4. The molecule has 0 unspecified atom stereocenters. The average Bonchev–Trinajstić information content (AvgIpc) is 2.23. The van der Waals surface area contributed by atoms with Crippen LogP contribution in [-0.2, 0) is 0 Å². The number of benzene rings is 1. The molecule has 0 bridgehead atoms. The molecular weight excluding hydrogens is 190 g/mol. The molecule has 1 aromatic heterocycles. The lowest BCUT2D eigenvalue weighted by molar-refractivity contribution is 0.477. The first-order valence-corrected chi connectivity index (χ1v) is 4.56. The third-order valence-electron chi connectivity index (χ3n) is 2.15. The maximum atomic E-state index is 9.68. The molecule has 4 nitrogen and oxygen atoms in total. The highest BCUT2D eigenvalue weighted by Gasteiger charge is 2.08. The number of aromatic hydroxyl groups is 1. The van der Waals surface area contributed by atoms with Crippen LogP contribution in [0.4, 0.5) is 5.95 Å². The molecule has 1 heterocycles. The number of nitrogens with zero attached hydrogens (tertiary/aromatic N) is 2. The highest BCUT2D eigenvalue weighted by molar-refractivity contribution is 5.69. The van der Waals surface area contributed by atoms with Gasteiger partial charge in [0, 0.05) is 11.8 Å². The van der Waals surface area contributed by atoms with Gasteiger partial charge in [-0.1, -0.05) is 12.1 Å². The van der Waals surface area contributed by atoms with Crippen molar-refractivity contribution in [2.45, 2.75) is 6.92 Å². The fourth-order valence-corrected chi connectivity index (χ4v) is 1.40. The lowest BCUT2D eigenvalue weighted by Gasteiger charge is -2.06. The smallest absolute Gasteiger partial charge is 0.220 e. The van der Waals surface area contributed by atoms with E-state index in [9.17, 15) is 5.11 Å². The van der Waals surface area contributed by atoms with Gasteiger partial charge in [-0.05, 0) is 24.6 Å². The van der Waals surface area contributed by atoms with Crippen LogP contribution in [0.5, 0.6) is 5.75 Å². The SMILES string of the molecule is Cc1cnc(N)nc1-c1ccccc1O. The molecule has 0 aliphatic heterocycles. The molecule has 0 aliphatic rings. The van der Waals surface area contributed by atoms with Gasteiger partial charge in [0.15, 0.2) is 0 Å². The van der Waals surface area contributed by atoms with Crippen molar-refractivity contribution < 1.29 is 5.11 Å². The molecule has 0 fully saturated rings. The maximum Gasteiger partial charge on any atom is 0.220 e. The fraction of sp³-hybridized carbons (Fsp3) is 0.0909. The Kier molecular flexibility index (Phi) is 2.25. The van der Waals surface area contributed by atoms with Crippen LogP contribution in [0.3, 0.4) is 0 Å². The van der Waals surface area contributed by atoms with Crippen LogP contribution in [0.15, 0.2) is 30.5 Å². The van der Waals surface area contributed by atoms with Gasteiger partial charge in [-0.2, -0.15) is 0 Å². The van der Waals surface area contributed by atoms with Gasteiger partial charge in [0.1, 0.15) is 5.75 Å². The fourth-order valence-electron chi connectivity index (χ4n) is 1.40. The van der Waals surface area contributed by atoms with Gasteiger partial charge in [0.2, 0.25) is 5.95 Å². The number of hydrogen-bond donors (Lipinski definition) is 2. The Morgan fingerprint density at radius 1 is 1.27 bits per heavy atom. The predicted molar refractivity (Wildman–Crippen MR) is 58.3 cm³/mol. The van der Waals surface area contributed by atoms with Gasteiger partial charge in [-0.15, -0.1) is 0 Å². The van der Waals surface area contributed by atoms with E-state index in [-0.39, 0.29) is 11.7 Å². The average molecular weight is 201 g/mol. The van der Waals surface area contributed by atoms with Crippen LogP contribution in [0, 0.1) is 6.92 Å². The minimum atomic E-state index is 0.193. The highest BCUT2D eigenvalue weighted by atomic mass is 16.3. The summed E-state index contributed by atoms with van der Waals surface area (Å²) in [7, 11) is 0. The van der Waals surface area contributed by atoms with E-state index in [1.54, 1.807) is 24.4 Å². The van der Waals surface area contributed by atoms with Crippen molar-refractivity contribution in [3.05, 3.63) is 36.0 Å². The third kappa shape index (κ3) is 1.74. The number of rotatable bonds is 1. The Morgan fingerprint density at radius 2 is 2.00 bits per heavy atom. The van der Waals surface area contributed by atoms with Crippen LogP contribution in [0.2, 0.25) is 0 Å². The molecule has 1 aromatic carbocycles. The van der Waals surface area contributed by atoms with Gasteiger partial charge >= 0.3 is 0 Å². The first-order chi connectivity index (χ1) is 7.18. The van der Waals surface area contributed by atoms with Crippen molar-refractivity contribution >= 4 is 5.95 Å². The molecule has 0 radical (unpaired) electrons. The molecule has 0 aliphatic carbocycles. The van der Waals surface area contributed by atoms with Crippen molar-refractivity contribution in [2.24, 2.45) is 0 Å². The van der Waals surface area contributed by atoms with Crippen molar-refractivity contribution in [1.82, 2.24) is 9.97 Å². The number of nitrogens with two attached hydrogens (primary N) is 1. The van der Waals surface area contributed by atoms with E-state index in [1.807, 2.05) is 13.0 Å². The summed E-state index contributed by atoms with van der Waals surface area (Å²) in [5.41, 5.74) is 7.73. The molecule has 0 saturated heterocycles. The second kappa shape index (κ2) is 3.57. The Morgan fingerprint density at radius 3 is 2.73 bits per heavy atom. The zero-order valence-electron chi connectivity index (χ0n) is 8.31. The molecule has 2 aromatic rings. The maximum absolute atomic E-state index is 9.68. The first-order valence-electron chi connectivity index (χ1n) is 4.56. The Labute approximate surface area is 87.4 Å². The molecule has 2 rings (SSSR count). The lowest BCUT2D eigenvalue weighted by Crippen LogP contribution is -1.98. The number of aryl methyl sites for hydroxylation is 1. The number of para-hydroxylation sites is 1. The van der Waals surface area contributed by atoms with Gasteiger partial charge in [0.05, 0.1) is 5.69 Å². The summed E-state index contributed by atoms with van der Waals surface area (Å²) < 4.78 is 0. The summed E-state index contributed by atoms with van der Waals surface area (Å²) >= 11 is 0. The van der Waals surface area contributed by atoms with E-state index in [4.69, 9.17) is 5.73 Å². The van der Waals surface area contributed by atoms with Crippen LogP contribution < -0.4 is 5.73 Å². The number of aromatic nitrogens is 2. The van der Waals surface area contributed by atoms with Gasteiger partial charge < -0.3 is 10.8 Å². The monoisotopic (exact) mass is 201 g/mol. The lowest BCUT2D eigenvalue weighted by atomic mass is 10.1. The minimum Gasteiger partial charge on any atom is -0.507 e. The second-order valence-electron chi connectivity index (χ2n) is 3.28. The standard InChI is InChI=1S/C11H11N3O/c1-7-6-13-11(12)14-10(7)8-4-2-3-5-9(8)15/h2-6,15H,1H3,(H2,12,13,14). The van der Waals surface area contributed by atoms with Crippen molar-refractivity contribution in [2.75, 3.05) is 5.73 Å². The van der Waals surface area contributed by atoms with Gasteiger partial charge in [-0.3, -0.25) is 0 Å². The molecular formula is C11H11N3O. The van der Waals surface area contributed by atoms with Crippen molar-refractivity contribution in [3.63, 3.8) is 0 Å². The zero-order chi connectivity index (χ0) is 10.8. The van der Waals surface area contributed by atoms with Crippen LogP contribution in [0.1, 0.15) is 5.56 Å². The third-order valence-corrected chi connectivity index (χ3v) is 2.15. The summed E-state index contributed by atoms with van der Waals surface area (Å²) in [5.74, 6) is 0.401. The summed E-state index contributed by atoms with van der Waals surface area (Å²) in [4.78, 5) is 7.99. The number of anilines is 1. The molecule has 3 N–H and O–H groups in total. The largest absolute Gasteiger partial charge is 0.507 e. The molecule has 0 atom stereocenters. The van der Waals surface area contributed by atoms with E-state index in [1.165, 1.54) is 0 Å². The number of nitrogen functional groups attached to an aromatic ring is 1. The Bertz CT molecular complexity index is 497. The predicted octanol–water partition coefficient (Wildman–Crippen LogP) is 1.74. The topological polar surface area (TPSA) is 72.0 Å². The number of phenols is 1. The quantitative estimate of drug-likeness (QED) is 0.737. The van der Waals surface area contributed by atoms with E-state index in [0.29, 0.717) is 11.3 Å². The normalized spacial score (nSPS) is 10.2. The first kappa shape index (κ1) is 9.45. The van der Waals surface area contributed by atoms with Gasteiger partial charge in [-0.25, -0.2) is 9.97 Å². The van der Waals surface area contributed by atoms with Crippen LogP contribution >= 0.6 is 0 Å². The van der Waals surface area contributed by atoms with Crippen LogP contribution in [-0.4, -0.2) is 15.1 Å². The summed E-state index contributed by atoms with van der Waals surface area (Å²) in [6, 6.07) is 7.02. The zero-order valence-corrected chi connectivity index (χ0v) is 8.31. The Hall–Kier alpha value is -2.10. The molecule has 76 valence electrons. The summed E-state index contributed by atoms with van der Waals surface area (Å²) in [6.07, 6.45) is 1.64. The molecule has 0 saturated carbocycles. The molecule has 0 amide bonds. The second-order valence-corrected chi connectivity index (χ2v) is 3.28. The molecule has 4 heteroatoms. The van der Waals surface area contributed by atoms with E-state index in [0.717, 1.165) is 5.56 Å². The van der Waals surface area contributed by atoms with Gasteiger partial charge in [0.25, 0.3) is 0 Å². The number of phenolic OH excluding ortho intramolecular Hbond substituents is 1. The molecule has 0 spiro atoms. The summed E-state index contributed by atoms with van der Waals surface area (Å²) in [6.45, 7) is 1.88. The molecule has 15 heavy (non-hydrogen) atoms. The van der Waals surface area contributed by atoms with E-state index >= 15 is 0 Å². The van der Waals surface area contributed by atoms with E-state index < -0.39 is 0 Å². The summed E-state index contributed by atoms with van der Waals surface area (Å²) in [5, 5.41) is 9.68. The van der Waals surface area contributed by atoms with Crippen LogP contribution in [0.25, 0.3) is 11.3 Å². The minimum absolute atomic E-state index is 0.193. The van der Waals surface area contributed by atoms with E-state index in [2.05, 4.69) is 9.97 Å². The van der Waals surface area contributed by atoms with Crippen molar-refractivity contribution in [3.8, 4) is 17.0 Å².